The minimum atomic E-state index is -0.772. The van der Waals surface area contributed by atoms with Gasteiger partial charge in [0.05, 0.1) is 5.56 Å². The molecule has 0 fully saturated rings. The zero-order chi connectivity index (χ0) is 19.9. The number of hydrogen-bond acceptors (Lipinski definition) is 3. The summed E-state index contributed by atoms with van der Waals surface area (Å²) in [6, 6.07) is 23.6. The van der Waals surface area contributed by atoms with Crippen LogP contribution in [0.5, 0.6) is 5.75 Å². The molecule has 0 spiro atoms. The van der Waals surface area contributed by atoms with Crippen molar-refractivity contribution in [2.45, 2.75) is 20.0 Å². The molecule has 3 rings (SSSR count). The molecule has 0 saturated carbocycles. The van der Waals surface area contributed by atoms with Crippen molar-refractivity contribution in [2.24, 2.45) is 0 Å². The summed E-state index contributed by atoms with van der Waals surface area (Å²) < 4.78 is 5.80. The topological polar surface area (TPSA) is 67.4 Å². The Hall–Kier alpha value is -3.60. The third kappa shape index (κ3) is 4.98. The smallest absolute Gasteiger partial charge is 0.265 e. The first-order valence-corrected chi connectivity index (χ1v) is 9.02. The summed E-state index contributed by atoms with van der Waals surface area (Å²) in [5.41, 5.74) is 2.80. The number of benzene rings is 3. The Morgan fingerprint density at radius 3 is 2.25 bits per heavy atom. The Morgan fingerprint density at radius 1 is 0.821 bits per heavy atom. The van der Waals surface area contributed by atoms with Crippen LogP contribution in [0.1, 0.15) is 22.8 Å². The lowest BCUT2D eigenvalue weighted by molar-refractivity contribution is -0.122. The Labute approximate surface area is 164 Å². The maximum Gasteiger partial charge on any atom is 0.265 e. The highest BCUT2D eigenvalue weighted by Crippen LogP contribution is 2.21. The van der Waals surface area contributed by atoms with Crippen molar-refractivity contribution >= 4 is 23.2 Å². The first-order valence-electron chi connectivity index (χ1n) is 9.02. The summed E-state index contributed by atoms with van der Waals surface area (Å²) >= 11 is 0. The van der Waals surface area contributed by atoms with Crippen molar-refractivity contribution < 1.29 is 14.3 Å². The second-order valence-corrected chi connectivity index (χ2v) is 6.44. The number of rotatable bonds is 6. The molecule has 3 aromatic rings. The number of nitrogens with one attached hydrogen (secondary N) is 2. The van der Waals surface area contributed by atoms with Crippen LogP contribution >= 0.6 is 0 Å². The summed E-state index contributed by atoms with van der Waals surface area (Å²) in [6.45, 7) is 3.61. The number of carbonyl (C=O) groups excluding carboxylic acids is 2. The molecular weight excluding hydrogens is 352 g/mol. The van der Waals surface area contributed by atoms with Gasteiger partial charge in [-0.15, -0.1) is 0 Å². The number of aryl methyl sites for hydroxylation is 1. The highest BCUT2D eigenvalue weighted by Gasteiger charge is 2.19. The molecule has 142 valence electrons. The Balaban J connectivity index is 1.70. The number of carbonyl (C=O) groups is 2. The zero-order valence-corrected chi connectivity index (χ0v) is 15.8. The SMILES string of the molecule is Cc1cccc(NC(=O)[C@H](C)Oc2ccccc2C(=O)Nc2ccccc2)c1. The standard InChI is InChI=1S/C23H22N2O3/c1-16-9-8-12-19(15-16)25-22(26)17(2)28-21-14-7-6-13-20(21)23(27)24-18-10-4-3-5-11-18/h3-15,17H,1-2H3,(H,24,27)(H,25,26)/t17-/m0/s1. The number of amides is 2. The van der Waals surface area contributed by atoms with Crippen LogP contribution in [0.2, 0.25) is 0 Å². The fourth-order valence-electron chi connectivity index (χ4n) is 2.69. The summed E-state index contributed by atoms with van der Waals surface area (Å²) in [5.74, 6) is -0.236. The summed E-state index contributed by atoms with van der Waals surface area (Å²) in [6.07, 6.45) is -0.772. The maximum absolute atomic E-state index is 12.6. The molecule has 0 bridgehead atoms. The maximum atomic E-state index is 12.6. The molecule has 0 unspecified atom stereocenters. The molecule has 0 aromatic heterocycles. The van der Waals surface area contributed by atoms with Crippen LogP contribution in [0.4, 0.5) is 11.4 Å². The first kappa shape index (κ1) is 19.2. The van der Waals surface area contributed by atoms with Crippen LogP contribution < -0.4 is 15.4 Å². The Morgan fingerprint density at radius 2 is 1.50 bits per heavy atom. The van der Waals surface area contributed by atoms with Gasteiger partial charge in [0.1, 0.15) is 5.75 Å². The van der Waals surface area contributed by atoms with Gasteiger partial charge in [0.25, 0.3) is 11.8 Å². The van der Waals surface area contributed by atoms with Crippen molar-refractivity contribution in [2.75, 3.05) is 10.6 Å². The van der Waals surface area contributed by atoms with E-state index in [0.717, 1.165) is 5.56 Å². The second-order valence-electron chi connectivity index (χ2n) is 6.44. The second kappa shape index (κ2) is 8.86. The zero-order valence-electron chi connectivity index (χ0n) is 15.8. The van der Waals surface area contributed by atoms with Gasteiger partial charge in [-0.25, -0.2) is 0 Å². The monoisotopic (exact) mass is 374 g/mol. The van der Waals surface area contributed by atoms with Gasteiger partial charge < -0.3 is 15.4 Å². The molecule has 2 amide bonds. The molecule has 28 heavy (non-hydrogen) atoms. The number of para-hydroxylation sites is 2. The highest BCUT2D eigenvalue weighted by molar-refractivity contribution is 6.06. The van der Waals surface area contributed by atoms with E-state index in [2.05, 4.69) is 10.6 Å². The van der Waals surface area contributed by atoms with E-state index in [-0.39, 0.29) is 11.8 Å². The van der Waals surface area contributed by atoms with Gasteiger partial charge in [-0.3, -0.25) is 9.59 Å². The molecule has 0 heterocycles. The molecule has 0 aliphatic heterocycles. The van der Waals surface area contributed by atoms with Crippen molar-refractivity contribution in [3.8, 4) is 5.75 Å². The van der Waals surface area contributed by atoms with Crippen LogP contribution in [0, 0.1) is 6.92 Å². The van der Waals surface area contributed by atoms with E-state index in [1.807, 2.05) is 49.4 Å². The molecule has 2 N–H and O–H groups in total. The lowest BCUT2D eigenvalue weighted by Crippen LogP contribution is -2.30. The van der Waals surface area contributed by atoms with Crippen LogP contribution in [0.15, 0.2) is 78.9 Å². The van der Waals surface area contributed by atoms with Gasteiger partial charge in [0, 0.05) is 11.4 Å². The fourth-order valence-corrected chi connectivity index (χ4v) is 2.69. The fraction of sp³-hybridized carbons (Fsp3) is 0.130. The Bertz CT molecular complexity index is 970. The predicted molar refractivity (Wildman–Crippen MR) is 111 cm³/mol. The largest absolute Gasteiger partial charge is 0.480 e. The van der Waals surface area contributed by atoms with Gasteiger partial charge in [-0.1, -0.05) is 42.5 Å². The third-order valence-electron chi connectivity index (χ3n) is 4.12. The predicted octanol–water partition coefficient (Wildman–Crippen LogP) is 4.65. The summed E-state index contributed by atoms with van der Waals surface area (Å²) in [4.78, 5) is 25.1. The quantitative estimate of drug-likeness (QED) is 0.660. The lowest BCUT2D eigenvalue weighted by Gasteiger charge is -2.17. The summed E-state index contributed by atoms with van der Waals surface area (Å²) in [7, 11) is 0. The van der Waals surface area contributed by atoms with E-state index in [9.17, 15) is 9.59 Å². The van der Waals surface area contributed by atoms with Crippen molar-refractivity contribution in [3.63, 3.8) is 0 Å². The van der Waals surface area contributed by atoms with E-state index < -0.39 is 6.10 Å². The minimum absolute atomic E-state index is 0.288. The van der Waals surface area contributed by atoms with Crippen LogP contribution in [-0.2, 0) is 4.79 Å². The molecule has 0 aliphatic rings. The highest BCUT2D eigenvalue weighted by atomic mass is 16.5. The van der Waals surface area contributed by atoms with Gasteiger partial charge >= 0.3 is 0 Å². The van der Waals surface area contributed by atoms with Crippen LogP contribution in [0.3, 0.4) is 0 Å². The molecule has 5 nitrogen and oxygen atoms in total. The van der Waals surface area contributed by atoms with Crippen LogP contribution in [-0.4, -0.2) is 17.9 Å². The van der Waals surface area contributed by atoms with Gasteiger partial charge in [-0.2, -0.15) is 0 Å². The van der Waals surface area contributed by atoms with Crippen LogP contribution in [0.25, 0.3) is 0 Å². The van der Waals surface area contributed by atoms with E-state index in [1.54, 1.807) is 43.3 Å². The van der Waals surface area contributed by atoms with Crippen molar-refractivity contribution in [1.82, 2.24) is 0 Å². The molecule has 0 saturated heterocycles. The third-order valence-corrected chi connectivity index (χ3v) is 4.12. The van der Waals surface area contributed by atoms with E-state index in [0.29, 0.717) is 22.7 Å². The van der Waals surface area contributed by atoms with Gasteiger partial charge in [-0.05, 0) is 55.8 Å². The number of ether oxygens (including phenoxy) is 1. The first-order chi connectivity index (χ1) is 13.5. The average Bonchev–Trinajstić information content (AvgIpc) is 2.69. The van der Waals surface area contributed by atoms with E-state index >= 15 is 0 Å². The van der Waals surface area contributed by atoms with Gasteiger partial charge in [0.2, 0.25) is 0 Å². The normalized spacial score (nSPS) is 11.4. The van der Waals surface area contributed by atoms with Crippen molar-refractivity contribution in [1.29, 1.82) is 0 Å². The summed E-state index contributed by atoms with van der Waals surface area (Å²) in [5, 5.41) is 5.65. The minimum Gasteiger partial charge on any atom is -0.480 e. The number of hydrogen-bond donors (Lipinski definition) is 2. The molecule has 5 heteroatoms. The molecule has 0 aliphatic carbocycles. The Kier molecular flexibility index (Phi) is 6.07. The molecule has 3 aromatic carbocycles. The molecule has 1 atom stereocenters. The number of anilines is 2. The lowest BCUT2D eigenvalue weighted by atomic mass is 10.1. The molecular formula is C23H22N2O3. The van der Waals surface area contributed by atoms with E-state index in [1.165, 1.54) is 0 Å². The van der Waals surface area contributed by atoms with Crippen molar-refractivity contribution in [3.05, 3.63) is 90.0 Å². The average molecular weight is 374 g/mol. The van der Waals surface area contributed by atoms with E-state index in [4.69, 9.17) is 4.74 Å². The molecule has 0 radical (unpaired) electrons. The van der Waals surface area contributed by atoms with Gasteiger partial charge in [0.15, 0.2) is 6.10 Å².